The Bertz CT molecular complexity index is 556. The van der Waals surface area contributed by atoms with E-state index in [-0.39, 0.29) is 5.78 Å². The van der Waals surface area contributed by atoms with Crippen molar-refractivity contribution >= 4 is 16.8 Å². The van der Waals surface area contributed by atoms with Gasteiger partial charge in [-0.05, 0) is 18.1 Å². The molecule has 2 heteroatoms. The van der Waals surface area contributed by atoms with Gasteiger partial charge in [0.05, 0.1) is 0 Å². The van der Waals surface area contributed by atoms with E-state index in [1.165, 1.54) is 0 Å². The molecule has 0 fully saturated rings. The number of furan rings is 1. The summed E-state index contributed by atoms with van der Waals surface area (Å²) in [5, 5.41) is 1.01. The number of Topliss-reactive ketones (excluding diaryl/α,β-unsaturated/α-hetero) is 1. The molecule has 90 valence electrons. The van der Waals surface area contributed by atoms with E-state index in [0.29, 0.717) is 5.76 Å². The Kier molecular flexibility index (Phi) is 2.82. The molecule has 0 saturated heterocycles. The van der Waals surface area contributed by atoms with Crippen molar-refractivity contribution in [2.75, 3.05) is 0 Å². The molecular weight excluding hydrogens is 212 g/mol. The maximum atomic E-state index is 12.1. The van der Waals surface area contributed by atoms with E-state index in [1.807, 2.05) is 45.0 Å². The monoisotopic (exact) mass is 230 g/mol. The number of ketones is 1. The molecule has 0 aliphatic heterocycles. The molecule has 0 aliphatic rings. The van der Waals surface area contributed by atoms with Crippen LogP contribution in [0.5, 0.6) is 0 Å². The summed E-state index contributed by atoms with van der Waals surface area (Å²) in [5.74, 6) is 0.518. The van der Waals surface area contributed by atoms with Gasteiger partial charge in [-0.15, -0.1) is 0 Å². The van der Waals surface area contributed by atoms with Crippen LogP contribution in [0.25, 0.3) is 11.0 Å². The molecule has 0 radical (unpaired) electrons. The lowest BCUT2D eigenvalue weighted by Crippen LogP contribution is -2.19. The Morgan fingerprint density at radius 3 is 2.59 bits per heavy atom. The highest BCUT2D eigenvalue weighted by Crippen LogP contribution is 2.28. The minimum absolute atomic E-state index is 0.0516. The van der Waals surface area contributed by atoms with E-state index in [9.17, 15) is 4.79 Å². The second-order valence-corrected chi connectivity index (χ2v) is 5.38. The van der Waals surface area contributed by atoms with Crippen LogP contribution < -0.4 is 0 Å². The molecule has 0 bridgehead atoms. The van der Waals surface area contributed by atoms with Crippen LogP contribution in [0.4, 0.5) is 0 Å². The van der Waals surface area contributed by atoms with Crippen molar-refractivity contribution in [2.24, 2.45) is 5.41 Å². The van der Waals surface area contributed by atoms with Gasteiger partial charge < -0.3 is 4.42 Å². The van der Waals surface area contributed by atoms with Gasteiger partial charge in [0.1, 0.15) is 5.58 Å². The summed E-state index contributed by atoms with van der Waals surface area (Å²) >= 11 is 0. The van der Waals surface area contributed by atoms with Gasteiger partial charge >= 0.3 is 0 Å². The van der Waals surface area contributed by atoms with Crippen molar-refractivity contribution in [2.45, 2.75) is 34.1 Å². The molecule has 2 rings (SSSR count). The van der Waals surface area contributed by atoms with Gasteiger partial charge in [-0.1, -0.05) is 45.9 Å². The second kappa shape index (κ2) is 4.02. The van der Waals surface area contributed by atoms with Crippen molar-refractivity contribution in [3.05, 3.63) is 35.6 Å². The molecule has 0 atom stereocenters. The first kappa shape index (κ1) is 11.9. The molecule has 0 N–H and O–H groups in total. The van der Waals surface area contributed by atoms with E-state index >= 15 is 0 Å². The first-order chi connectivity index (χ1) is 7.93. The molecule has 0 aliphatic carbocycles. The molecule has 1 heterocycles. The van der Waals surface area contributed by atoms with Gasteiger partial charge in [0.15, 0.2) is 5.76 Å². The zero-order valence-corrected chi connectivity index (χ0v) is 10.8. The highest BCUT2D eigenvalue weighted by molar-refractivity contribution is 6.01. The first-order valence-corrected chi connectivity index (χ1v) is 5.99. The molecule has 1 aromatic carbocycles. The van der Waals surface area contributed by atoms with Gasteiger partial charge in [-0.3, -0.25) is 4.79 Å². The fraction of sp³-hybridized carbons (Fsp3) is 0.400. The summed E-state index contributed by atoms with van der Waals surface area (Å²) < 4.78 is 5.73. The number of carbonyl (C=O) groups is 1. The van der Waals surface area contributed by atoms with Crippen LogP contribution in [0.15, 0.2) is 28.7 Å². The minimum Gasteiger partial charge on any atom is -0.453 e. The zero-order chi connectivity index (χ0) is 12.6. The quantitative estimate of drug-likeness (QED) is 0.723. The molecule has 0 spiro atoms. The first-order valence-electron chi connectivity index (χ1n) is 5.99. The van der Waals surface area contributed by atoms with Crippen LogP contribution in [0, 0.1) is 5.41 Å². The zero-order valence-electron chi connectivity index (χ0n) is 10.8. The number of benzene rings is 1. The van der Waals surface area contributed by atoms with E-state index < -0.39 is 5.41 Å². The van der Waals surface area contributed by atoms with E-state index in [4.69, 9.17) is 4.42 Å². The summed E-state index contributed by atoms with van der Waals surface area (Å²) in [7, 11) is 0. The predicted octanol–water partition coefficient (Wildman–Crippen LogP) is 4.22. The SMILES string of the molecule is CCc1cccc2cc(C(=O)C(C)(C)C)oc12. The summed E-state index contributed by atoms with van der Waals surface area (Å²) in [4.78, 5) is 12.1. The van der Waals surface area contributed by atoms with E-state index in [1.54, 1.807) is 0 Å². The van der Waals surface area contributed by atoms with E-state index in [0.717, 1.165) is 23.0 Å². The van der Waals surface area contributed by atoms with E-state index in [2.05, 4.69) is 6.92 Å². The van der Waals surface area contributed by atoms with Crippen LogP contribution in [-0.2, 0) is 6.42 Å². The molecule has 2 aromatic rings. The highest BCUT2D eigenvalue weighted by Gasteiger charge is 2.26. The Morgan fingerprint density at radius 1 is 1.29 bits per heavy atom. The normalized spacial score (nSPS) is 12.0. The number of carbonyl (C=O) groups excluding carboxylic acids is 1. The molecule has 2 nitrogen and oxygen atoms in total. The fourth-order valence-electron chi connectivity index (χ4n) is 1.88. The number of rotatable bonds is 2. The third-order valence-corrected chi connectivity index (χ3v) is 2.91. The van der Waals surface area contributed by atoms with Crippen molar-refractivity contribution in [1.29, 1.82) is 0 Å². The number of para-hydroxylation sites is 1. The Morgan fingerprint density at radius 2 is 2.00 bits per heavy atom. The molecule has 0 unspecified atom stereocenters. The molecule has 0 amide bonds. The fourth-order valence-corrected chi connectivity index (χ4v) is 1.88. The molecular formula is C15H18O2. The Balaban J connectivity index is 2.56. The maximum Gasteiger partial charge on any atom is 0.203 e. The van der Waals surface area contributed by atoms with Crippen molar-refractivity contribution in [1.82, 2.24) is 0 Å². The van der Waals surface area contributed by atoms with Gasteiger partial charge in [0, 0.05) is 10.8 Å². The minimum atomic E-state index is -0.403. The highest BCUT2D eigenvalue weighted by atomic mass is 16.3. The van der Waals surface area contributed by atoms with Gasteiger partial charge in [-0.25, -0.2) is 0 Å². The Hall–Kier alpha value is -1.57. The number of fused-ring (bicyclic) bond motifs is 1. The number of hydrogen-bond donors (Lipinski definition) is 0. The third kappa shape index (κ3) is 2.12. The summed E-state index contributed by atoms with van der Waals surface area (Å²) in [5.41, 5.74) is 1.60. The summed E-state index contributed by atoms with van der Waals surface area (Å²) in [6, 6.07) is 7.87. The lowest BCUT2D eigenvalue weighted by Gasteiger charge is -2.13. The topological polar surface area (TPSA) is 30.2 Å². The van der Waals surface area contributed by atoms with Crippen LogP contribution >= 0.6 is 0 Å². The number of hydrogen-bond acceptors (Lipinski definition) is 2. The lowest BCUT2D eigenvalue weighted by atomic mass is 9.89. The molecule has 1 aromatic heterocycles. The Labute approximate surface area is 102 Å². The van der Waals surface area contributed by atoms with Gasteiger partial charge in [0.25, 0.3) is 0 Å². The lowest BCUT2D eigenvalue weighted by molar-refractivity contribution is 0.0831. The second-order valence-electron chi connectivity index (χ2n) is 5.38. The standard InChI is InChI=1S/C15H18O2/c1-5-10-7-6-8-11-9-12(17-13(10)11)14(16)15(2,3)4/h6-9H,5H2,1-4H3. The third-order valence-electron chi connectivity index (χ3n) is 2.91. The van der Waals surface area contributed by atoms with Crippen LogP contribution in [0.3, 0.4) is 0 Å². The predicted molar refractivity (Wildman–Crippen MR) is 69.4 cm³/mol. The molecule has 17 heavy (non-hydrogen) atoms. The van der Waals surface area contributed by atoms with Crippen molar-refractivity contribution < 1.29 is 9.21 Å². The average Bonchev–Trinajstić information content (AvgIpc) is 2.69. The number of aryl methyl sites for hydroxylation is 1. The van der Waals surface area contributed by atoms with Gasteiger partial charge in [-0.2, -0.15) is 0 Å². The van der Waals surface area contributed by atoms with Crippen LogP contribution in [-0.4, -0.2) is 5.78 Å². The van der Waals surface area contributed by atoms with Crippen LogP contribution in [0.2, 0.25) is 0 Å². The van der Waals surface area contributed by atoms with Crippen LogP contribution in [0.1, 0.15) is 43.8 Å². The molecule has 0 saturated carbocycles. The maximum absolute atomic E-state index is 12.1. The van der Waals surface area contributed by atoms with Gasteiger partial charge in [0.2, 0.25) is 5.78 Å². The summed E-state index contributed by atoms with van der Waals surface area (Å²) in [6.45, 7) is 7.80. The smallest absolute Gasteiger partial charge is 0.203 e. The average molecular weight is 230 g/mol. The van der Waals surface area contributed by atoms with Crippen molar-refractivity contribution in [3.63, 3.8) is 0 Å². The summed E-state index contributed by atoms with van der Waals surface area (Å²) in [6.07, 6.45) is 0.911. The van der Waals surface area contributed by atoms with Crippen molar-refractivity contribution in [3.8, 4) is 0 Å². The largest absolute Gasteiger partial charge is 0.453 e.